The molecule has 27 nitrogen and oxygen atoms in total. The minimum Gasteiger partial charge on any atom is -0.412 e. The maximum Gasteiger partial charge on any atom is 0.631 e. The van der Waals surface area contributed by atoms with Gasteiger partial charge in [0.25, 0.3) is 0 Å². The van der Waals surface area contributed by atoms with Gasteiger partial charge in [0.05, 0.1) is 0 Å². The van der Waals surface area contributed by atoms with Crippen molar-refractivity contribution in [2.24, 2.45) is 0 Å². The fourth-order valence-corrected chi connectivity index (χ4v) is 0. The van der Waals surface area contributed by atoms with E-state index in [4.69, 9.17) is 60.3 Å². The second-order valence-corrected chi connectivity index (χ2v) is 1.39. The molecule has 0 aromatic heterocycles. The summed E-state index contributed by atoms with van der Waals surface area (Å²) in [7, 11) is -8.67. The fraction of sp³-hybridized carbons (Fsp3) is 0. The third-order valence-corrected chi connectivity index (χ3v) is 0. The second-order valence-electron chi connectivity index (χ2n) is 1.39. The molecule has 0 aromatic carbocycles. The highest BCUT2D eigenvalue weighted by atomic mass is 16.5. The predicted molar refractivity (Wildman–Crippen MR) is 119 cm³/mol. The highest BCUT2D eigenvalue weighted by Gasteiger charge is 1.93. The van der Waals surface area contributed by atoms with E-state index in [1.165, 1.54) is 0 Å². The zero-order valence-electron chi connectivity index (χ0n) is 17.5. The first kappa shape index (κ1) is 206. The van der Waals surface area contributed by atoms with Crippen LogP contribution in [-0.4, -0.2) is 111 Å². The van der Waals surface area contributed by atoms with Gasteiger partial charge in [-0.25, -0.2) is 0 Å². The zero-order chi connectivity index (χ0) is 14.3. The molecule has 0 unspecified atom stereocenters. The van der Waals surface area contributed by atoms with E-state index in [1.807, 2.05) is 0 Å². The van der Waals surface area contributed by atoms with Gasteiger partial charge in [-0.3, -0.25) is 0 Å². The summed E-state index contributed by atoms with van der Waals surface area (Å²) in [6.07, 6.45) is 0. The SMILES string of the molecule is N.N.N.N.N.N.N.N.N.N.N.O.O.O.O.OB(O)O.OB(O)O.OB(O)O.OB(O)O. The topological polar surface area (TPSA) is 754 Å². The first-order chi connectivity index (χ1) is 6.93. The fourth-order valence-electron chi connectivity index (χ4n) is 0. The maximum absolute atomic E-state index is 7.17. The Labute approximate surface area is 180 Å². The predicted octanol–water partition coefficient (Wildman–Crippen LogP) is -9.72. The van der Waals surface area contributed by atoms with Gasteiger partial charge in [0, 0.05) is 0 Å². The van der Waals surface area contributed by atoms with Crippen LogP contribution in [0.5, 0.6) is 0 Å². The van der Waals surface area contributed by atoms with Crippen LogP contribution in [-0.2, 0) is 0 Å². The molecule has 0 saturated carbocycles. The van der Waals surface area contributed by atoms with Crippen LogP contribution in [0.3, 0.4) is 0 Å². The summed E-state index contributed by atoms with van der Waals surface area (Å²) in [6.45, 7) is 0. The van der Waals surface area contributed by atoms with Gasteiger partial charge >= 0.3 is 29.3 Å². The van der Waals surface area contributed by atoms with Crippen LogP contribution in [0.1, 0.15) is 0 Å². The molecule has 0 spiro atoms. The molecule has 0 radical (unpaired) electrons. The smallest absolute Gasteiger partial charge is 0.412 e. The lowest BCUT2D eigenvalue weighted by Crippen LogP contribution is -2.07. The average molecular weight is 507 g/mol. The van der Waals surface area contributed by atoms with Gasteiger partial charge in [-0.05, 0) is 0 Å². The first-order valence-electron chi connectivity index (χ1n) is 3.10. The zero-order valence-corrected chi connectivity index (χ0v) is 17.5. The largest absolute Gasteiger partial charge is 0.631 e. The van der Waals surface area contributed by atoms with Gasteiger partial charge in [0.1, 0.15) is 0 Å². The minimum atomic E-state index is -2.17. The molecule has 0 rings (SSSR count). The van der Waals surface area contributed by atoms with Crippen molar-refractivity contribution in [1.82, 2.24) is 67.7 Å². The molecule has 31 heavy (non-hydrogen) atoms. The molecule has 0 atom stereocenters. The lowest BCUT2D eigenvalue weighted by atomic mass is 10.3. The molecular weight excluding hydrogens is 453 g/mol. The van der Waals surface area contributed by atoms with E-state index in [1.54, 1.807) is 0 Å². The summed E-state index contributed by atoms with van der Waals surface area (Å²) >= 11 is 0. The molecule has 31 heteroatoms. The molecule has 216 valence electrons. The highest BCUT2D eigenvalue weighted by molar-refractivity contribution is 6.31. The van der Waals surface area contributed by atoms with E-state index in [0.29, 0.717) is 0 Å². The average Bonchev–Trinajstić information content (AvgIpc) is 1.76. The lowest BCUT2D eigenvalue weighted by Gasteiger charge is -1.69. The molecule has 0 amide bonds. The lowest BCUT2D eigenvalue weighted by molar-refractivity contribution is 0.276. The monoisotopic (exact) mass is 507 g/mol. The minimum absolute atomic E-state index is 0. The second kappa shape index (κ2) is 185. The van der Waals surface area contributed by atoms with Crippen LogP contribution in [0.25, 0.3) is 0 Å². The Morgan fingerprint density at radius 2 is 0.194 bits per heavy atom. The normalized spacial score (nSPS) is 3.48. The van der Waals surface area contributed by atoms with Crippen molar-refractivity contribution < 1.29 is 82.2 Å². The van der Waals surface area contributed by atoms with Gasteiger partial charge in [0.2, 0.25) is 0 Å². The molecule has 0 aliphatic rings. The van der Waals surface area contributed by atoms with Crippen LogP contribution < -0.4 is 67.7 Å². The number of rotatable bonds is 0. The van der Waals surface area contributed by atoms with Crippen LogP contribution >= 0.6 is 0 Å². The third kappa shape index (κ3) is 32000. The molecule has 0 aliphatic heterocycles. The maximum atomic E-state index is 7.17. The van der Waals surface area contributed by atoms with Crippen molar-refractivity contribution >= 4 is 29.3 Å². The summed E-state index contributed by atoms with van der Waals surface area (Å²) in [5.74, 6) is 0. The van der Waals surface area contributed by atoms with Gasteiger partial charge in [-0.15, -0.1) is 0 Å². The Bertz CT molecular complexity index is 86.5. The van der Waals surface area contributed by atoms with Gasteiger partial charge in [-0.2, -0.15) is 0 Å². The summed E-state index contributed by atoms with van der Waals surface area (Å²) < 4.78 is 0. The quantitative estimate of drug-likeness (QED) is 0.135. The first-order valence-corrected chi connectivity index (χ1v) is 3.10. The van der Waals surface area contributed by atoms with E-state index in [2.05, 4.69) is 0 Å². The summed E-state index contributed by atoms with van der Waals surface area (Å²) in [5.41, 5.74) is 0. The van der Waals surface area contributed by atoms with Crippen molar-refractivity contribution in [3.8, 4) is 0 Å². The van der Waals surface area contributed by atoms with E-state index < -0.39 is 29.3 Å². The van der Waals surface area contributed by atoms with Crippen LogP contribution in [0.4, 0.5) is 0 Å². The van der Waals surface area contributed by atoms with Crippen LogP contribution in [0, 0.1) is 0 Å². The van der Waals surface area contributed by atoms with E-state index in [9.17, 15) is 0 Å². The standard InChI is InChI=1S/4BH3O3.11H3N.4H2O/c4*2-1(3)4;;;;;;;;;;;;;;;/h4*2-4H;11*1H3;4*1H2. The molecule has 0 aromatic rings. The molecule has 0 saturated heterocycles. The van der Waals surface area contributed by atoms with Gasteiger partial charge in [0.15, 0.2) is 0 Å². The molecule has 0 heterocycles. The van der Waals surface area contributed by atoms with E-state index >= 15 is 0 Å². The Balaban J connectivity index is -0.00000000314. The Hall–Kier alpha value is -0.820. The Kier molecular flexibility index (Phi) is 1230. The van der Waals surface area contributed by atoms with Crippen molar-refractivity contribution in [3.05, 3.63) is 0 Å². The van der Waals surface area contributed by atoms with E-state index in [-0.39, 0.29) is 89.6 Å². The Morgan fingerprint density at radius 1 is 0.194 bits per heavy atom. The third-order valence-electron chi connectivity index (χ3n) is 0. The Morgan fingerprint density at radius 3 is 0.194 bits per heavy atom. The number of hydrogen-bond donors (Lipinski definition) is 23. The molecule has 0 fully saturated rings. The van der Waals surface area contributed by atoms with Crippen LogP contribution in [0.15, 0.2) is 0 Å². The summed E-state index contributed by atoms with van der Waals surface area (Å²) in [5, 5.41) is 86.0. The van der Waals surface area contributed by atoms with Gasteiger partial charge in [-0.1, -0.05) is 0 Å². The van der Waals surface area contributed by atoms with Crippen molar-refractivity contribution in [2.45, 2.75) is 0 Å². The van der Waals surface area contributed by atoms with E-state index in [0.717, 1.165) is 0 Å². The van der Waals surface area contributed by atoms with Crippen molar-refractivity contribution in [3.63, 3.8) is 0 Å². The summed E-state index contributed by atoms with van der Waals surface area (Å²) in [6, 6.07) is 0. The molecule has 53 N–H and O–H groups in total. The van der Waals surface area contributed by atoms with Crippen molar-refractivity contribution in [2.75, 3.05) is 0 Å². The summed E-state index contributed by atoms with van der Waals surface area (Å²) in [4.78, 5) is 0. The molecule has 0 bridgehead atoms. The highest BCUT2D eigenvalue weighted by Crippen LogP contribution is 1.41. The van der Waals surface area contributed by atoms with Crippen LogP contribution in [0.2, 0.25) is 0 Å². The molecular formula is H53B4N11O16. The van der Waals surface area contributed by atoms with Crippen molar-refractivity contribution in [1.29, 1.82) is 0 Å². The number of hydrogen-bond acceptors (Lipinski definition) is 23. The molecule has 0 aliphatic carbocycles. The van der Waals surface area contributed by atoms with Gasteiger partial charge < -0.3 is 150 Å².